The minimum absolute atomic E-state index is 0.0695. The van der Waals surface area contributed by atoms with Crippen LogP contribution in [-0.2, 0) is 4.79 Å². The number of likely N-dealkylation sites (tertiary alicyclic amines) is 1. The van der Waals surface area contributed by atoms with Gasteiger partial charge in [-0.15, -0.1) is 0 Å². The van der Waals surface area contributed by atoms with Crippen LogP contribution < -0.4 is 5.32 Å². The second-order valence-electron chi connectivity index (χ2n) is 6.07. The minimum atomic E-state index is -0.833. The highest BCUT2D eigenvalue weighted by molar-refractivity contribution is 5.75. The van der Waals surface area contributed by atoms with E-state index in [9.17, 15) is 9.59 Å². The first-order valence-electron chi connectivity index (χ1n) is 6.50. The Morgan fingerprint density at radius 3 is 2.22 bits per heavy atom. The number of aliphatic carboxylic acids is 1. The molecule has 104 valence electrons. The van der Waals surface area contributed by atoms with Crippen molar-refractivity contribution >= 4 is 12.0 Å². The number of nitrogens with zero attached hydrogens (tertiary/aromatic N) is 1. The molecule has 0 radical (unpaired) electrons. The normalized spacial score (nSPS) is 24.1. The first-order chi connectivity index (χ1) is 8.21. The second-order valence-corrected chi connectivity index (χ2v) is 6.07. The van der Waals surface area contributed by atoms with Crippen LogP contribution in [0.4, 0.5) is 4.79 Å². The molecule has 1 heterocycles. The molecule has 0 aromatic heterocycles. The zero-order chi connectivity index (χ0) is 13.9. The van der Waals surface area contributed by atoms with Crippen molar-refractivity contribution in [2.24, 2.45) is 11.8 Å². The summed E-state index contributed by atoms with van der Waals surface area (Å²) < 4.78 is 0. The van der Waals surface area contributed by atoms with Gasteiger partial charge in [-0.1, -0.05) is 13.8 Å². The average Bonchev–Trinajstić information content (AvgIpc) is 2.56. The maximum Gasteiger partial charge on any atom is 0.317 e. The Balaban J connectivity index is 2.46. The Hall–Kier alpha value is -1.26. The van der Waals surface area contributed by atoms with Crippen LogP contribution in [0.1, 0.15) is 40.5 Å². The molecule has 2 atom stereocenters. The first kappa shape index (κ1) is 14.8. The summed E-state index contributed by atoms with van der Waals surface area (Å²) >= 11 is 0. The molecule has 0 aromatic rings. The van der Waals surface area contributed by atoms with Gasteiger partial charge in [0.2, 0.25) is 0 Å². The van der Waals surface area contributed by atoms with Crippen molar-refractivity contribution in [3.8, 4) is 0 Å². The third kappa shape index (κ3) is 4.20. The van der Waals surface area contributed by atoms with E-state index in [1.54, 1.807) is 0 Å². The molecule has 0 spiro atoms. The monoisotopic (exact) mass is 256 g/mol. The maximum absolute atomic E-state index is 12.1. The number of nitrogens with one attached hydrogen (secondary N) is 1. The number of rotatable bonds is 4. The van der Waals surface area contributed by atoms with Gasteiger partial charge in [0.1, 0.15) is 0 Å². The molecule has 2 unspecified atom stereocenters. The maximum atomic E-state index is 12.1. The smallest absolute Gasteiger partial charge is 0.317 e. The lowest BCUT2D eigenvalue weighted by Gasteiger charge is -2.29. The summed E-state index contributed by atoms with van der Waals surface area (Å²) in [7, 11) is 0. The van der Waals surface area contributed by atoms with Crippen LogP contribution in [-0.4, -0.2) is 40.6 Å². The van der Waals surface area contributed by atoms with Gasteiger partial charge in [-0.25, -0.2) is 4.79 Å². The van der Waals surface area contributed by atoms with Crippen LogP contribution in [0.5, 0.6) is 0 Å². The molecule has 0 bridgehead atoms. The third-order valence-electron chi connectivity index (χ3n) is 3.68. The van der Waals surface area contributed by atoms with Gasteiger partial charge in [0.25, 0.3) is 0 Å². The van der Waals surface area contributed by atoms with E-state index >= 15 is 0 Å². The third-order valence-corrected chi connectivity index (χ3v) is 3.68. The van der Waals surface area contributed by atoms with Crippen molar-refractivity contribution in [2.75, 3.05) is 13.1 Å². The Bertz CT molecular complexity index is 318. The van der Waals surface area contributed by atoms with Gasteiger partial charge in [0.05, 0.1) is 0 Å². The molecule has 2 N–H and O–H groups in total. The number of hydrogen-bond donors (Lipinski definition) is 2. The fraction of sp³-hybridized carbons (Fsp3) is 0.846. The molecule has 18 heavy (non-hydrogen) atoms. The van der Waals surface area contributed by atoms with Crippen molar-refractivity contribution in [3.05, 3.63) is 0 Å². The van der Waals surface area contributed by atoms with Gasteiger partial charge >= 0.3 is 12.0 Å². The number of carboxylic acid groups (broad SMARTS) is 1. The summed E-state index contributed by atoms with van der Waals surface area (Å²) in [6.45, 7) is 9.57. The van der Waals surface area contributed by atoms with Crippen LogP contribution in [0.3, 0.4) is 0 Å². The van der Waals surface area contributed by atoms with Crippen molar-refractivity contribution in [2.45, 2.75) is 46.1 Å². The van der Waals surface area contributed by atoms with Crippen LogP contribution in [0, 0.1) is 11.8 Å². The van der Waals surface area contributed by atoms with E-state index in [4.69, 9.17) is 5.11 Å². The summed E-state index contributed by atoms with van der Waals surface area (Å²) in [5, 5.41) is 11.6. The van der Waals surface area contributed by atoms with Crippen LogP contribution in [0.2, 0.25) is 0 Å². The summed E-state index contributed by atoms with van der Waals surface area (Å²) in [5.74, 6) is 0.219. The van der Waals surface area contributed by atoms with Gasteiger partial charge in [0, 0.05) is 25.0 Å². The molecule has 5 nitrogen and oxygen atoms in total. The lowest BCUT2D eigenvalue weighted by Crippen LogP contribution is -2.49. The SMILES string of the molecule is CC1CN(C(=O)NC(C)(C)CCC(=O)O)CC1C. The van der Waals surface area contributed by atoms with Crippen LogP contribution >= 0.6 is 0 Å². The van der Waals surface area contributed by atoms with E-state index in [1.807, 2.05) is 18.7 Å². The number of amides is 2. The molecule has 1 fully saturated rings. The molecular weight excluding hydrogens is 232 g/mol. The molecule has 0 saturated carbocycles. The molecule has 0 aliphatic carbocycles. The number of carbonyl (C=O) groups excluding carboxylic acids is 1. The Kier molecular flexibility index (Phi) is 4.59. The Morgan fingerprint density at radius 2 is 1.78 bits per heavy atom. The molecular formula is C13H24N2O3. The van der Waals surface area contributed by atoms with Crippen molar-refractivity contribution < 1.29 is 14.7 Å². The van der Waals surface area contributed by atoms with Crippen molar-refractivity contribution in [1.82, 2.24) is 10.2 Å². The summed E-state index contributed by atoms with van der Waals surface area (Å²) in [5.41, 5.74) is -0.482. The Labute approximate surface area is 109 Å². The first-order valence-corrected chi connectivity index (χ1v) is 6.50. The van der Waals surface area contributed by atoms with Crippen LogP contribution in [0.25, 0.3) is 0 Å². The molecule has 1 aliphatic heterocycles. The van der Waals surface area contributed by atoms with E-state index in [-0.39, 0.29) is 12.5 Å². The van der Waals surface area contributed by atoms with E-state index in [0.717, 1.165) is 13.1 Å². The zero-order valence-electron chi connectivity index (χ0n) is 11.7. The highest BCUT2D eigenvalue weighted by atomic mass is 16.4. The summed E-state index contributed by atoms with van der Waals surface area (Å²) in [6.07, 6.45) is 0.507. The topological polar surface area (TPSA) is 69.6 Å². The Morgan fingerprint density at radius 1 is 1.28 bits per heavy atom. The molecule has 5 heteroatoms. The number of hydrogen-bond acceptors (Lipinski definition) is 2. The fourth-order valence-corrected chi connectivity index (χ4v) is 2.15. The molecule has 2 amide bonds. The average molecular weight is 256 g/mol. The number of carbonyl (C=O) groups is 2. The highest BCUT2D eigenvalue weighted by Crippen LogP contribution is 2.22. The molecule has 1 rings (SSSR count). The second kappa shape index (κ2) is 5.59. The number of urea groups is 1. The van der Waals surface area contributed by atoms with Crippen molar-refractivity contribution in [3.63, 3.8) is 0 Å². The molecule has 1 saturated heterocycles. The number of carboxylic acids is 1. The fourth-order valence-electron chi connectivity index (χ4n) is 2.15. The summed E-state index contributed by atoms with van der Waals surface area (Å²) in [4.78, 5) is 24.4. The molecule has 0 aromatic carbocycles. The van der Waals surface area contributed by atoms with Gasteiger partial charge in [-0.2, -0.15) is 0 Å². The van der Waals surface area contributed by atoms with Gasteiger partial charge in [-0.3, -0.25) is 4.79 Å². The van der Waals surface area contributed by atoms with Crippen molar-refractivity contribution in [1.29, 1.82) is 0 Å². The summed E-state index contributed by atoms with van der Waals surface area (Å²) in [6, 6.07) is -0.0819. The zero-order valence-corrected chi connectivity index (χ0v) is 11.7. The quantitative estimate of drug-likeness (QED) is 0.807. The molecule has 1 aliphatic rings. The minimum Gasteiger partial charge on any atom is -0.481 e. The standard InChI is InChI=1S/C13H24N2O3/c1-9-7-15(8-10(9)2)12(18)14-13(3,4)6-5-11(16)17/h9-10H,5-8H2,1-4H3,(H,14,18)(H,16,17). The predicted molar refractivity (Wildman–Crippen MR) is 69.4 cm³/mol. The van der Waals surface area contributed by atoms with E-state index in [0.29, 0.717) is 18.3 Å². The van der Waals surface area contributed by atoms with Gasteiger partial charge in [0.15, 0.2) is 0 Å². The van der Waals surface area contributed by atoms with E-state index in [1.165, 1.54) is 0 Å². The predicted octanol–water partition coefficient (Wildman–Crippen LogP) is 1.93. The highest BCUT2D eigenvalue weighted by Gasteiger charge is 2.31. The van der Waals surface area contributed by atoms with E-state index < -0.39 is 11.5 Å². The lowest BCUT2D eigenvalue weighted by atomic mass is 9.99. The van der Waals surface area contributed by atoms with Gasteiger partial charge in [-0.05, 0) is 32.1 Å². The van der Waals surface area contributed by atoms with E-state index in [2.05, 4.69) is 19.2 Å². The lowest BCUT2D eigenvalue weighted by molar-refractivity contribution is -0.137. The largest absolute Gasteiger partial charge is 0.481 e. The van der Waals surface area contributed by atoms with Gasteiger partial charge < -0.3 is 15.3 Å². The van der Waals surface area contributed by atoms with Crippen LogP contribution in [0.15, 0.2) is 0 Å².